The number of aliphatic hydroxyl groups excluding tert-OH is 1. The molecule has 0 spiro atoms. The van der Waals surface area contributed by atoms with Crippen LogP contribution in [0.3, 0.4) is 0 Å². The van der Waals surface area contributed by atoms with Crippen LogP contribution in [0.25, 0.3) is 6.08 Å². The Bertz CT molecular complexity index is 1120. The van der Waals surface area contributed by atoms with E-state index in [0.717, 1.165) is 0 Å². The monoisotopic (exact) mass is 486 g/mol. The lowest BCUT2D eigenvalue weighted by molar-refractivity contribution is -0.126. The molecule has 1 atom stereocenters. The molecule has 2 aliphatic heterocycles. The van der Waals surface area contributed by atoms with Crippen LogP contribution in [0.5, 0.6) is 0 Å². The first-order valence-electron chi connectivity index (χ1n) is 11.3. The number of halogens is 1. The van der Waals surface area contributed by atoms with E-state index in [1.807, 2.05) is 4.90 Å². The Morgan fingerprint density at radius 1 is 1.20 bits per heavy atom. The van der Waals surface area contributed by atoms with E-state index in [9.17, 15) is 18.8 Å². The zero-order valence-corrected chi connectivity index (χ0v) is 19.3. The van der Waals surface area contributed by atoms with E-state index < -0.39 is 18.0 Å². The summed E-state index contributed by atoms with van der Waals surface area (Å²) in [5, 5.41) is 11.6. The van der Waals surface area contributed by atoms with E-state index in [0.29, 0.717) is 49.1 Å². The summed E-state index contributed by atoms with van der Waals surface area (Å²) in [5.74, 6) is 0.0279. The minimum atomic E-state index is -0.588. The number of aliphatic hydroxyl groups is 1. The van der Waals surface area contributed by atoms with Crippen molar-refractivity contribution in [2.24, 2.45) is 0 Å². The Morgan fingerprint density at radius 2 is 1.97 bits per heavy atom. The van der Waals surface area contributed by atoms with Gasteiger partial charge in [0.2, 0.25) is 11.8 Å². The van der Waals surface area contributed by atoms with Crippen LogP contribution < -0.4 is 15.1 Å². The van der Waals surface area contributed by atoms with Crippen molar-refractivity contribution in [3.8, 4) is 0 Å². The fourth-order valence-electron chi connectivity index (χ4n) is 4.01. The Hall–Kier alpha value is -3.86. The third-order valence-corrected chi connectivity index (χ3v) is 5.86. The molecule has 2 fully saturated rings. The van der Waals surface area contributed by atoms with Gasteiger partial charge in [0.05, 0.1) is 24.5 Å². The van der Waals surface area contributed by atoms with E-state index >= 15 is 0 Å². The molecule has 35 heavy (non-hydrogen) atoms. The zero-order chi connectivity index (χ0) is 24.9. The van der Waals surface area contributed by atoms with E-state index in [-0.39, 0.29) is 31.5 Å². The Balaban J connectivity index is 1.32. The minimum Gasteiger partial charge on any atom is -0.459 e. The summed E-state index contributed by atoms with van der Waals surface area (Å²) in [4.78, 5) is 40.6. The molecule has 3 heterocycles. The second-order valence-electron chi connectivity index (χ2n) is 8.30. The van der Waals surface area contributed by atoms with Crippen molar-refractivity contribution < 1.29 is 33.0 Å². The zero-order valence-electron chi connectivity index (χ0n) is 19.3. The second kappa shape index (κ2) is 10.6. The largest absolute Gasteiger partial charge is 0.459 e. The number of benzene rings is 1. The van der Waals surface area contributed by atoms with Gasteiger partial charge in [0, 0.05) is 39.2 Å². The molecule has 0 saturated carbocycles. The number of furan rings is 1. The molecule has 1 aromatic carbocycles. The summed E-state index contributed by atoms with van der Waals surface area (Å²) in [6.45, 7) is 3.34. The van der Waals surface area contributed by atoms with E-state index in [4.69, 9.17) is 14.3 Å². The summed E-state index contributed by atoms with van der Waals surface area (Å²) in [7, 11) is 0. The second-order valence-corrected chi connectivity index (χ2v) is 8.30. The number of amides is 3. The van der Waals surface area contributed by atoms with Gasteiger partial charge in [0.15, 0.2) is 0 Å². The van der Waals surface area contributed by atoms with Crippen LogP contribution in [-0.4, -0.2) is 73.3 Å². The number of nitrogens with zero attached hydrogens (tertiary/aromatic N) is 3. The number of nitrogens with one attached hydrogen (secondary N) is 1. The average molecular weight is 487 g/mol. The van der Waals surface area contributed by atoms with Crippen LogP contribution >= 0.6 is 0 Å². The number of piperazine rings is 1. The molecule has 1 aromatic heterocycles. The number of anilines is 2. The number of ether oxygens (including phenoxy) is 1. The lowest BCUT2D eigenvalue weighted by atomic mass is 10.2. The van der Waals surface area contributed by atoms with Crippen LogP contribution in [0.4, 0.5) is 20.6 Å². The van der Waals surface area contributed by atoms with Gasteiger partial charge in [-0.1, -0.05) is 0 Å². The van der Waals surface area contributed by atoms with E-state index in [2.05, 4.69) is 5.32 Å². The van der Waals surface area contributed by atoms with Gasteiger partial charge in [0.25, 0.3) is 0 Å². The summed E-state index contributed by atoms with van der Waals surface area (Å²) in [6.07, 6.45) is 1.88. The molecule has 1 unspecified atom stereocenters. The summed E-state index contributed by atoms with van der Waals surface area (Å²) >= 11 is 0. The number of hydrogen-bond donors (Lipinski definition) is 2. The molecule has 0 bridgehead atoms. The van der Waals surface area contributed by atoms with Gasteiger partial charge >= 0.3 is 6.09 Å². The highest BCUT2D eigenvalue weighted by atomic mass is 19.1. The van der Waals surface area contributed by atoms with Gasteiger partial charge in [-0.3, -0.25) is 14.5 Å². The SMILES string of the molecule is CC(=O)NCC1CN(c2ccc(N3CCN(C(=O)C=Cc4ccc(CO)o4)CC3)c(F)c2)C(=O)O1. The third kappa shape index (κ3) is 5.80. The van der Waals surface area contributed by atoms with Crippen LogP contribution in [0.1, 0.15) is 18.4 Å². The molecule has 3 amide bonds. The van der Waals surface area contributed by atoms with E-state index in [1.165, 1.54) is 24.0 Å². The maximum Gasteiger partial charge on any atom is 0.414 e. The number of rotatable bonds is 7. The standard InChI is InChI=1S/C24H27FN4O6/c1-16(31)26-13-20-14-29(24(33)35-20)17-2-6-22(21(25)12-17)27-8-10-28(11-9-27)23(32)7-5-18-3-4-19(15-30)34-18/h2-7,12,20,30H,8-11,13-15H2,1H3,(H,26,31). The van der Waals surface area contributed by atoms with Gasteiger partial charge in [0.1, 0.15) is 30.0 Å². The average Bonchev–Trinajstić information content (AvgIpc) is 3.47. The molecule has 2 aromatic rings. The van der Waals surface area contributed by atoms with Crippen molar-refractivity contribution in [3.63, 3.8) is 0 Å². The highest BCUT2D eigenvalue weighted by molar-refractivity contribution is 5.92. The maximum atomic E-state index is 15.0. The molecular weight excluding hydrogens is 459 g/mol. The van der Waals surface area contributed by atoms with Gasteiger partial charge in [-0.25, -0.2) is 9.18 Å². The molecule has 0 aliphatic carbocycles. The highest BCUT2D eigenvalue weighted by Crippen LogP contribution is 2.28. The smallest absolute Gasteiger partial charge is 0.414 e. The van der Waals surface area contributed by atoms with Crippen LogP contribution in [0.2, 0.25) is 0 Å². The quantitative estimate of drug-likeness (QED) is 0.573. The molecule has 186 valence electrons. The number of hydrogen-bond acceptors (Lipinski definition) is 7. The lowest BCUT2D eigenvalue weighted by Gasteiger charge is -2.36. The minimum absolute atomic E-state index is 0.177. The van der Waals surface area contributed by atoms with Gasteiger partial charge in [-0.05, 0) is 36.4 Å². The number of carbonyl (C=O) groups is 3. The van der Waals surface area contributed by atoms with Crippen molar-refractivity contribution in [2.45, 2.75) is 19.6 Å². The molecule has 10 nitrogen and oxygen atoms in total. The van der Waals surface area contributed by atoms with Crippen molar-refractivity contribution in [2.75, 3.05) is 49.1 Å². The van der Waals surface area contributed by atoms with Gasteiger partial charge in [-0.2, -0.15) is 0 Å². The predicted octanol–water partition coefficient (Wildman–Crippen LogP) is 1.73. The molecule has 2 aliphatic rings. The van der Waals surface area contributed by atoms with E-state index in [1.54, 1.807) is 35.2 Å². The molecule has 2 saturated heterocycles. The van der Waals surface area contributed by atoms with Crippen molar-refractivity contribution in [1.82, 2.24) is 10.2 Å². The predicted molar refractivity (Wildman–Crippen MR) is 125 cm³/mol. The number of carbonyl (C=O) groups excluding carboxylic acids is 3. The highest BCUT2D eigenvalue weighted by Gasteiger charge is 2.33. The topological polar surface area (TPSA) is 116 Å². The van der Waals surface area contributed by atoms with Gasteiger partial charge < -0.3 is 29.4 Å². The summed E-state index contributed by atoms with van der Waals surface area (Å²) in [6, 6.07) is 7.88. The first-order chi connectivity index (χ1) is 16.8. The fourth-order valence-corrected chi connectivity index (χ4v) is 4.01. The summed E-state index contributed by atoms with van der Waals surface area (Å²) < 4.78 is 25.5. The first kappa shape index (κ1) is 24.3. The van der Waals surface area contributed by atoms with Crippen molar-refractivity contribution in [1.29, 1.82) is 0 Å². The van der Waals surface area contributed by atoms with Crippen LogP contribution in [-0.2, 0) is 20.9 Å². The van der Waals surface area contributed by atoms with Crippen LogP contribution in [0.15, 0.2) is 40.8 Å². The maximum absolute atomic E-state index is 15.0. The molecule has 4 rings (SSSR count). The molecule has 0 radical (unpaired) electrons. The van der Waals surface area contributed by atoms with Gasteiger partial charge in [-0.15, -0.1) is 0 Å². The van der Waals surface area contributed by atoms with Crippen molar-refractivity contribution >= 4 is 35.4 Å². The Morgan fingerprint density at radius 3 is 2.63 bits per heavy atom. The Kier molecular flexibility index (Phi) is 7.35. The molecule has 11 heteroatoms. The summed E-state index contributed by atoms with van der Waals surface area (Å²) in [5.41, 5.74) is 0.772. The normalized spacial score (nSPS) is 18.3. The van der Waals surface area contributed by atoms with Crippen LogP contribution in [0, 0.1) is 5.82 Å². The van der Waals surface area contributed by atoms with Crippen molar-refractivity contribution in [3.05, 3.63) is 53.7 Å². The third-order valence-electron chi connectivity index (χ3n) is 5.86. The molecule has 2 N–H and O–H groups in total. The lowest BCUT2D eigenvalue weighted by Crippen LogP contribution is -2.48. The fraction of sp³-hybridized carbons (Fsp3) is 0.375. The number of cyclic esters (lactones) is 1. The Labute approximate surface area is 201 Å². The first-order valence-corrected chi connectivity index (χ1v) is 11.3. The molecular formula is C24H27FN4O6.